The number of aliphatic hydroxyl groups excluding tert-OH is 1. The van der Waals surface area contributed by atoms with Crippen LogP contribution in [0.3, 0.4) is 0 Å². The van der Waals surface area contributed by atoms with Crippen LogP contribution in [0.5, 0.6) is 5.75 Å². The minimum atomic E-state index is -0.112. The van der Waals surface area contributed by atoms with Gasteiger partial charge in [-0.3, -0.25) is 0 Å². The van der Waals surface area contributed by atoms with Gasteiger partial charge in [-0.25, -0.2) is 4.98 Å². The van der Waals surface area contributed by atoms with Gasteiger partial charge in [0.1, 0.15) is 11.4 Å². The number of aryl methyl sites for hydroxylation is 1. The van der Waals surface area contributed by atoms with Crippen molar-refractivity contribution in [3.05, 3.63) is 51.2 Å². The lowest BCUT2D eigenvalue weighted by molar-refractivity contribution is 0.281. The molecule has 0 radical (unpaired) electrons. The molecule has 0 aliphatic rings. The number of imidazole rings is 1. The van der Waals surface area contributed by atoms with Gasteiger partial charge in [0, 0.05) is 22.4 Å². The van der Waals surface area contributed by atoms with E-state index >= 15 is 0 Å². The largest absolute Gasteiger partial charge is 0.495 e. The fraction of sp³-hybridized carbons (Fsp3) is 0.188. The number of methoxy groups -OCH3 is 1. The van der Waals surface area contributed by atoms with Crippen LogP contribution in [-0.2, 0) is 6.61 Å². The monoisotopic (exact) mass is 380 g/mol. The summed E-state index contributed by atoms with van der Waals surface area (Å²) < 4.78 is 8.14. The third kappa shape index (κ3) is 2.60. The van der Waals surface area contributed by atoms with E-state index in [1.165, 1.54) is 0 Å². The van der Waals surface area contributed by atoms with Gasteiger partial charge < -0.3 is 14.2 Å². The summed E-state index contributed by atoms with van der Waals surface area (Å²) in [5.41, 5.74) is 4.23. The summed E-state index contributed by atoms with van der Waals surface area (Å²) in [6, 6.07) is 5.51. The number of ether oxygens (including phenoxy) is 1. The summed E-state index contributed by atoms with van der Waals surface area (Å²) in [5.74, 6) is 0.539. The number of nitrogens with zero attached hydrogens (tertiary/aromatic N) is 2. The molecule has 2 heterocycles. The first-order valence-corrected chi connectivity index (χ1v) is 7.83. The Bertz CT molecular complexity index is 822. The summed E-state index contributed by atoms with van der Waals surface area (Å²) in [5, 5.41) is 10.1. The molecule has 0 aliphatic heterocycles. The number of aliphatic hydroxyl groups is 1. The van der Waals surface area contributed by atoms with Crippen molar-refractivity contribution in [2.75, 3.05) is 7.11 Å². The van der Waals surface area contributed by atoms with Gasteiger partial charge >= 0.3 is 0 Å². The first kappa shape index (κ1) is 15.3. The molecular weight excluding hydrogens is 368 g/mol. The second-order valence-corrected chi connectivity index (χ2v) is 6.26. The predicted octanol–water partition coefficient (Wildman–Crippen LogP) is 4.23. The zero-order valence-corrected chi connectivity index (χ0v) is 14.4. The van der Waals surface area contributed by atoms with Crippen molar-refractivity contribution in [1.82, 2.24) is 9.38 Å². The van der Waals surface area contributed by atoms with Crippen molar-refractivity contribution in [3.8, 4) is 17.0 Å². The second kappa shape index (κ2) is 5.91. The topological polar surface area (TPSA) is 46.8 Å². The van der Waals surface area contributed by atoms with Crippen molar-refractivity contribution in [2.24, 2.45) is 0 Å². The molecule has 1 aromatic carbocycles. The molecule has 22 heavy (non-hydrogen) atoms. The number of aromatic nitrogens is 2. The van der Waals surface area contributed by atoms with Crippen molar-refractivity contribution in [1.29, 1.82) is 0 Å². The Hall–Kier alpha value is -1.56. The maximum Gasteiger partial charge on any atom is 0.137 e. The van der Waals surface area contributed by atoms with Crippen LogP contribution in [0.2, 0.25) is 5.02 Å². The van der Waals surface area contributed by atoms with Gasteiger partial charge in [0.05, 0.1) is 24.4 Å². The molecule has 3 rings (SSSR count). The van der Waals surface area contributed by atoms with Crippen molar-refractivity contribution in [2.45, 2.75) is 13.5 Å². The van der Waals surface area contributed by atoms with E-state index in [1.807, 2.05) is 29.8 Å². The molecular formula is C16H14BrClN2O2. The molecule has 0 bridgehead atoms. The highest BCUT2D eigenvalue weighted by atomic mass is 79.9. The molecule has 1 N–H and O–H groups in total. The summed E-state index contributed by atoms with van der Waals surface area (Å²) in [6.07, 6.45) is 3.88. The van der Waals surface area contributed by atoms with Gasteiger partial charge in [-0.1, -0.05) is 11.6 Å². The Morgan fingerprint density at radius 2 is 2.09 bits per heavy atom. The van der Waals surface area contributed by atoms with Crippen LogP contribution in [-0.4, -0.2) is 21.6 Å². The number of fused-ring (bicyclic) bond motifs is 1. The molecule has 4 nitrogen and oxygen atoms in total. The average molecular weight is 382 g/mol. The van der Waals surface area contributed by atoms with Gasteiger partial charge in [-0.2, -0.15) is 0 Å². The highest BCUT2D eigenvalue weighted by Gasteiger charge is 2.14. The third-order valence-electron chi connectivity index (χ3n) is 3.56. The number of benzene rings is 1. The molecule has 0 saturated heterocycles. The van der Waals surface area contributed by atoms with E-state index in [2.05, 4.69) is 20.9 Å². The smallest absolute Gasteiger partial charge is 0.137 e. The molecule has 0 aliphatic carbocycles. The first-order chi connectivity index (χ1) is 10.5. The van der Waals surface area contributed by atoms with Gasteiger partial charge in [-0.15, -0.1) is 0 Å². The minimum Gasteiger partial charge on any atom is -0.495 e. The lowest BCUT2D eigenvalue weighted by Crippen LogP contribution is -1.93. The van der Waals surface area contributed by atoms with E-state index in [4.69, 9.17) is 16.3 Å². The fourth-order valence-corrected chi connectivity index (χ4v) is 2.93. The number of halogens is 2. The molecule has 114 valence electrons. The highest BCUT2D eigenvalue weighted by Crippen LogP contribution is 2.34. The summed E-state index contributed by atoms with van der Waals surface area (Å²) in [6.45, 7) is 1.90. The van der Waals surface area contributed by atoms with Crippen LogP contribution in [0, 0.1) is 6.92 Å². The molecule has 2 aromatic heterocycles. The Balaban J connectivity index is 2.20. The normalized spacial score (nSPS) is 11.1. The van der Waals surface area contributed by atoms with Crippen LogP contribution in [0.4, 0.5) is 0 Å². The lowest BCUT2D eigenvalue weighted by atomic mass is 10.1. The zero-order chi connectivity index (χ0) is 15.9. The maximum atomic E-state index is 9.61. The maximum absolute atomic E-state index is 9.61. The van der Waals surface area contributed by atoms with E-state index in [1.54, 1.807) is 19.2 Å². The minimum absolute atomic E-state index is 0.112. The lowest BCUT2D eigenvalue weighted by Gasteiger charge is -2.09. The van der Waals surface area contributed by atoms with Crippen molar-refractivity contribution < 1.29 is 9.84 Å². The first-order valence-electron chi connectivity index (χ1n) is 6.66. The Morgan fingerprint density at radius 3 is 2.77 bits per heavy atom. The molecule has 0 saturated carbocycles. The van der Waals surface area contributed by atoms with Crippen molar-refractivity contribution >= 4 is 33.2 Å². The summed E-state index contributed by atoms with van der Waals surface area (Å²) >= 11 is 9.72. The van der Waals surface area contributed by atoms with Crippen LogP contribution in [0.1, 0.15) is 11.1 Å². The van der Waals surface area contributed by atoms with E-state index in [0.29, 0.717) is 10.8 Å². The predicted molar refractivity (Wildman–Crippen MR) is 90.5 cm³/mol. The van der Waals surface area contributed by atoms with E-state index < -0.39 is 0 Å². The van der Waals surface area contributed by atoms with Gasteiger partial charge in [-0.05, 0) is 52.2 Å². The number of hydrogen-bond acceptors (Lipinski definition) is 3. The van der Waals surface area contributed by atoms with Gasteiger partial charge in [0.25, 0.3) is 0 Å². The average Bonchev–Trinajstić information content (AvgIpc) is 2.90. The van der Waals surface area contributed by atoms with Crippen molar-refractivity contribution in [3.63, 3.8) is 0 Å². The van der Waals surface area contributed by atoms with Gasteiger partial charge in [0.2, 0.25) is 0 Å². The Morgan fingerprint density at radius 1 is 1.32 bits per heavy atom. The zero-order valence-electron chi connectivity index (χ0n) is 12.1. The van der Waals surface area contributed by atoms with Crippen LogP contribution in [0.15, 0.2) is 35.1 Å². The number of hydrogen-bond donors (Lipinski definition) is 1. The molecule has 0 unspecified atom stereocenters. The molecule has 0 amide bonds. The van der Waals surface area contributed by atoms with Crippen LogP contribution >= 0.6 is 27.5 Å². The SMILES string of the molecule is COc1cc(CO)c(-c2cn3cc(Br)c(C)cc3n2)cc1Cl. The quantitative estimate of drug-likeness (QED) is 0.738. The summed E-state index contributed by atoms with van der Waals surface area (Å²) in [4.78, 5) is 4.62. The molecule has 3 aromatic rings. The second-order valence-electron chi connectivity index (χ2n) is 5.00. The molecule has 0 spiro atoms. The Kier molecular flexibility index (Phi) is 4.12. The standard InChI is InChI=1S/C16H14BrClN2O2/c1-9-3-16-19-14(7-20(16)6-12(9)17)11-5-13(18)15(22-2)4-10(11)8-21/h3-7,21H,8H2,1-2H3. The van der Waals surface area contributed by atoms with Gasteiger partial charge in [0.15, 0.2) is 0 Å². The van der Waals surface area contributed by atoms with Crippen LogP contribution in [0.25, 0.3) is 16.9 Å². The molecule has 6 heteroatoms. The summed E-state index contributed by atoms with van der Waals surface area (Å²) in [7, 11) is 1.55. The van der Waals surface area contributed by atoms with E-state index in [9.17, 15) is 5.11 Å². The highest BCUT2D eigenvalue weighted by molar-refractivity contribution is 9.10. The fourth-order valence-electron chi connectivity index (χ4n) is 2.36. The van der Waals surface area contributed by atoms with E-state index in [-0.39, 0.29) is 6.61 Å². The third-order valence-corrected chi connectivity index (χ3v) is 4.69. The number of pyridine rings is 1. The van der Waals surface area contributed by atoms with E-state index in [0.717, 1.165) is 32.5 Å². The number of rotatable bonds is 3. The molecule has 0 atom stereocenters. The Labute approximate surface area is 141 Å². The van der Waals surface area contributed by atoms with Crippen LogP contribution < -0.4 is 4.74 Å². The molecule has 0 fully saturated rings.